The maximum absolute atomic E-state index is 12.9. The van der Waals surface area contributed by atoms with Crippen LogP contribution in [0.15, 0.2) is 29.8 Å². The van der Waals surface area contributed by atoms with Crippen molar-refractivity contribution in [2.45, 2.75) is 51.9 Å². The number of aryl methyl sites for hydroxylation is 1. The zero-order chi connectivity index (χ0) is 21.8. The number of nitrogens with zero attached hydrogens (tertiary/aromatic N) is 2. The van der Waals surface area contributed by atoms with Crippen molar-refractivity contribution in [3.63, 3.8) is 0 Å². The molecule has 1 aromatic carbocycles. The number of rotatable bonds is 7. The molecule has 0 aliphatic carbocycles. The highest BCUT2D eigenvalue weighted by molar-refractivity contribution is 7.13. The fourth-order valence-electron chi connectivity index (χ4n) is 3.89. The average molecular weight is 431 g/mol. The molecule has 0 radical (unpaired) electrons. The first-order valence-electron chi connectivity index (χ1n) is 10.2. The predicted octanol–water partition coefficient (Wildman–Crippen LogP) is 1.94. The molecule has 2 heterocycles. The van der Waals surface area contributed by atoms with Gasteiger partial charge in [-0.25, -0.2) is 4.98 Å². The molecule has 0 saturated carbocycles. The van der Waals surface area contributed by atoms with E-state index >= 15 is 0 Å². The van der Waals surface area contributed by atoms with Crippen molar-refractivity contribution in [1.29, 1.82) is 0 Å². The van der Waals surface area contributed by atoms with E-state index < -0.39 is 12.1 Å². The van der Waals surface area contributed by atoms with E-state index in [2.05, 4.69) is 15.6 Å². The van der Waals surface area contributed by atoms with Gasteiger partial charge in [0.1, 0.15) is 6.04 Å². The summed E-state index contributed by atoms with van der Waals surface area (Å²) in [6.45, 7) is 6.46. The van der Waals surface area contributed by atoms with Gasteiger partial charge < -0.3 is 20.6 Å². The summed E-state index contributed by atoms with van der Waals surface area (Å²) in [5, 5.41) is 16.0. The van der Waals surface area contributed by atoms with E-state index in [1.54, 1.807) is 18.4 Å². The van der Waals surface area contributed by atoms with Gasteiger partial charge in [0.15, 0.2) is 0 Å². The zero-order valence-corrected chi connectivity index (χ0v) is 18.7. The molecule has 1 aromatic heterocycles. The van der Waals surface area contributed by atoms with Crippen molar-refractivity contribution >= 4 is 23.2 Å². The lowest BCUT2D eigenvalue weighted by Gasteiger charge is -2.29. The fourth-order valence-corrected chi connectivity index (χ4v) is 4.70. The Morgan fingerprint density at radius 3 is 2.57 bits per heavy atom. The number of aromatic nitrogens is 1. The van der Waals surface area contributed by atoms with Crippen LogP contribution in [0, 0.1) is 12.8 Å². The number of hydrogen-bond donors (Lipinski definition) is 3. The minimum absolute atomic E-state index is 0.0876. The Kier molecular flexibility index (Phi) is 7.23. The third-order valence-corrected chi connectivity index (χ3v) is 6.51. The molecule has 3 rings (SSSR count). The first-order valence-corrected chi connectivity index (χ1v) is 11.1. The molecule has 2 amide bonds. The Morgan fingerprint density at radius 1 is 1.30 bits per heavy atom. The van der Waals surface area contributed by atoms with Crippen LogP contribution in [-0.4, -0.2) is 58.6 Å². The number of β-amino-alcohol motifs (C(OH)–C–C–N with tert-alkyl or cyclic N) is 1. The number of amides is 2. The molecule has 1 saturated heterocycles. The molecule has 30 heavy (non-hydrogen) atoms. The second kappa shape index (κ2) is 9.68. The Morgan fingerprint density at radius 2 is 2.00 bits per heavy atom. The first kappa shape index (κ1) is 22.4. The number of hydrogen-bond acceptors (Lipinski definition) is 6. The number of aliphatic hydroxyl groups excluding tert-OH is 1. The summed E-state index contributed by atoms with van der Waals surface area (Å²) in [4.78, 5) is 32.6. The molecular weight excluding hydrogens is 400 g/mol. The van der Waals surface area contributed by atoms with Crippen LogP contribution in [0.3, 0.4) is 0 Å². The minimum atomic E-state index is -0.684. The van der Waals surface area contributed by atoms with E-state index in [1.807, 2.05) is 50.5 Å². The summed E-state index contributed by atoms with van der Waals surface area (Å²) < 4.78 is 0. The third kappa shape index (κ3) is 4.88. The number of nitrogens with one attached hydrogen (secondary N) is 2. The van der Waals surface area contributed by atoms with E-state index in [4.69, 9.17) is 0 Å². The predicted molar refractivity (Wildman–Crippen MR) is 118 cm³/mol. The van der Waals surface area contributed by atoms with E-state index in [1.165, 1.54) is 4.90 Å². The van der Waals surface area contributed by atoms with Gasteiger partial charge in [0, 0.05) is 19.5 Å². The van der Waals surface area contributed by atoms with Crippen LogP contribution in [-0.2, 0) is 16.1 Å². The third-order valence-electron chi connectivity index (χ3n) is 5.54. The van der Waals surface area contributed by atoms with Gasteiger partial charge in [-0.3, -0.25) is 9.59 Å². The zero-order valence-electron chi connectivity index (χ0n) is 17.9. The molecule has 1 unspecified atom stereocenters. The lowest BCUT2D eigenvalue weighted by molar-refractivity contribution is -0.140. The van der Waals surface area contributed by atoms with Gasteiger partial charge in [-0.1, -0.05) is 38.1 Å². The number of likely N-dealkylation sites (tertiary alicyclic amines) is 1. The van der Waals surface area contributed by atoms with Gasteiger partial charge in [0.05, 0.1) is 28.2 Å². The maximum Gasteiger partial charge on any atom is 0.243 e. The highest BCUT2D eigenvalue weighted by Gasteiger charge is 2.41. The van der Waals surface area contributed by atoms with Gasteiger partial charge >= 0.3 is 0 Å². The highest BCUT2D eigenvalue weighted by Crippen LogP contribution is 2.27. The fraction of sp³-hybridized carbons (Fsp3) is 0.500. The van der Waals surface area contributed by atoms with Gasteiger partial charge in [0.25, 0.3) is 0 Å². The second-order valence-corrected chi connectivity index (χ2v) is 8.94. The Bertz CT molecular complexity index is 881. The SMILES string of the molecule is CN[C@H](C(=O)N1C[C@H](O)CC1C(=O)NCc1ccc(-c2scnc2C)cc1)C(C)C. The smallest absolute Gasteiger partial charge is 0.243 e. The normalized spacial score (nSPS) is 19.9. The van der Waals surface area contributed by atoms with E-state index in [-0.39, 0.29) is 36.7 Å². The summed E-state index contributed by atoms with van der Waals surface area (Å²) in [5.41, 5.74) is 4.92. The maximum atomic E-state index is 12.9. The van der Waals surface area contributed by atoms with Crippen LogP contribution < -0.4 is 10.6 Å². The van der Waals surface area contributed by atoms with Gasteiger partial charge in [-0.05, 0) is 31.0 Å². The molecule has 1 fully saturated rings. The average Bonchev–Trinajstić information content (AvgIpc) is 3.32. The molecule has 2 aromatic rings. The van der Waals surface area contributed by atoms with Crippen LogP contribution >= 0.6 is 11.3 Å². The van der Waals surface area contributed by atoms with Gasteiger partial charge in [-0.15, -0.1) is 11.3 Å². The number of benzene rings is 1. The summed E-state index contributed by atoms with van der Waals surface area (Å²) >= 11 is 1.61. The van der Waals surface area contributed by atoms with Crippen LogP contribution in [0.25, 0.3) is 10.4 Å². The number of aliphatic hydroxyl groups is 1. The molecule has 0 bridgehead atoms. The van der Waals surface area contributed by atoms with E-state index in [9.17, 15) is 14.7 Å². The summed E-state index contributed by atoms with van der Waals surface area (Å²) in [6.07, 6.45) is -0.424. The van der Waals surface area contributed by atoms with Crippen molar-refractivity contribution in [2.75, 3.05) is 13.6 Å². The van der Waals surface area contributed by atoms with E-state index in [0.29, 0.717) is 6.54 Å². The molecular formula is C22H30N4O3S. The topological polar surface area (TPSA) is 94.6 Å². The molecule has 3 atom stereocenters. The van der Waals surface area contributed by atoms with Crippen LogP contribution in [0.2, 0.25) is 0 Å². The van der Waals surface area contributed by atoms with Crippen LogP contribution in [0.5, 0.6) is 0 Å². The number of likely N-dealkylation sites (N-methyl/N-ethyl adjacent to an activating group) is 1. The highest BCUT2D eigenvalue weighted by atomic mass is 32.1. The van der Waals surface area contributed by atoms with Crippen molar-refractivity contribution in [3.8, 4) is 10.4 Å². The number of carbonyl (C=O) groups excluding carboxylic acids is 2. The van der Waals surface area contributed by atoms with Crippen molar-refractivity contribution in [2.24, 2.45) is 5.92 Å². The standard InChI is InChI=1S/C22H30N4O3S/c1-13(2)19(23-4)22(29)26-11-17(27)9-18(26)21(28)24-10-15-5-7-16(8-6-15)20-14(3)25-12-30-20/h5-8,12-13,17-19,23,27H,9-11H2,1-4H3,(H,24,28)/t17-,18?,19+/m1/s1. The van der Waals surface area contributed by atoms with Crippen LogP contribution in [0.1, 0.15) is 31.5 Å². The lowest BCUT2D eigenvalue weighted by atomic mass is 10.0. The molecule has 3 N–H and O–H groups in total. The number of thiazole rings is 1. The van der Waals surface area contributed by atoms with Crippen molar-refractivity contribution in [1.82, 2.24) is 20.5 Å². The minimum Gasteiger partial charge on any atom is -0.391 e. The van der Waals surface area contributed by atoms with Crippen LogP contribution in [0.4, 0.5) is 0 Å². The van der Waals surface area contributed by atoms with Gasteiger partial charge in [-0.2, -0.15) is 0 Å². The molecule has 162 valence electrons. The Labute approximate surface area is 181 Å². The van der Waals surface area contributed by atoms with Crippen molar-refractivity contribution < 1.29 is 14.7 Å². The Balaban J connectivity index is 1.63. The number of carbonyl (C=O) groups is 2. The molecule has 8 heteroatoms. The van der Waals surface area contributed by atoms with E-state index in [0.717, 1.165) is 21.7 Å². The largest absolute Gasteiger partial charge is 0.391 e. The van der Waals surface area contributed by atoms with Crippen molar-refractivity contribution in [3.05, 3.63) is 41.0 Å². The van der Waals surface area contributed by atoms with Gasteiger partial charge in [0.2, 0.25) is 11.8 Å². The molecule has 7 nitrogen and oxygen atoms in total. The quantitative estimate of drug-likeness (QED) is 0.624. The summed E-state index contributed by atoms with van der Waals surface area (Å²) in [7, 11) is 1.74. The molecule has 0 spiro atoms. The monoisotopic (exact) mass is 430 g/mol. The molecule has 1 aliphatic rings. The second-order valence-electron chi connectivity index (χ2n) is 8.09. The summed E-state index contributed by atoms with van der Waals surface area (Å²) in [6, 6.07) is 6.98. The first-order chi connectivity index (χ1) is 14.3. The Hall–Kier alpha value is -2.29. The molecule has 1 aliphatic heterocycles. The lowest BCUT2D eigenvalue weighted by Crippen LogP contribution is -2.53. The summed E-state index contributed by atoms with van der Waals surface area (Å²) in [5.74, 6) is -0.293.